The van der Waals surface area contributed by atoms with Gasteiger partial charge < -0.3 is 5.21 Å². The zero-order chi connectivity index (χ0) is 16.3. The van der Waals surface area contributed by atoms with E-state index in [2.05, 4.69) is 13.8 Å². The summed E-state index contributed by atoms with van der Waals surface area (Å²) in [5.41, 5.74) is 2.02. The summed E-state index contributed by atoms with van der Waals surface area (Å²) in [6.45, 7) is 5.97. The number of rotatable bonds is 4. The number of hydroxylamine groups is 2. The van der Waals surface area contributed by atoms with Gasteiger partial charge in [-0.1, -0.05) is 32.4 Å². The van der Waals surface area contributed by atoms with Crippen LogP contribution in [0.25, 0.3) is 0 Å². The molecule has 0 fully saturated rings. The highest BCUT2D eigenvalue weighted by molar-refractivity contribution is 7.73. The van der Waals surface area contributed by atoms with Gasteiger partial charge in [-0.25, -0.2) is 0 Å². The molecule has 2 rings (SSSR count). The van der Waals surface area contributed by atoms with E-state index in [9.17, 15) is 13.6 Å². The Morgan fingerprint density at radius 2 is 1.86 bits per heavy atom. The maximum atomic E-state index is 13.1. The maximum Gasteiger partial charge on any atom is 0.277 e. The van der Waals surface area contributed by atoms with Crippen molar-refractivity contribution in [1.29, 1.82) is 0 Å². The Morgan fingerprint density at radius 3 is 2.41 bits per heavy atom. The molecule has 0 aromatic heterocycles. The largest absolute Gasteiger partial charge is 0.616 e. The van der Waals surface area contributed by atoms with Gasteiger partial charge in [0.1, 0.15) is 11.9 Å². The van der Waals surface area contributed by atoms with Crippen LogP contribution < -0.4 is 4.65 Å². The second-order valence-electron chi connectivity index (χ2n) is 5.77. The number of quaternary nitrogens is 1. The minimum Gasteiger partial charge on any atom is -0.616 e. The second kappa shape index (κ2) is 6.60. The Kier molecular flexibility index (Phi) is 5.01. The van der Waals surface area contributed by atoms with Crippen molar-refractivity contribution in [2.24, 2.45) is 5.92 Å². The van der Waals surface area contributed by atoms with Gasteiger partial charge in [0.25, 0.3) is 15.3 Å². The third-order valence-corrected chi connectivity index (χ3v) is 4.95. The normalized spacial score (nSPS) is 22.4. The molecule has 1 aliphatic heterocycles. The lowest BCUT2D eigenvalue weighted by atomic mass is 9.98. The van der Waals surface area contributed by atoms with Gasteiger partial charge in [-0.15, -0.1) is 0 Å². The summed E-state index contributed by atoms with van der Waals surface area (Å²) < 4.78 is 21.9. The first-order valence-corrected chi connectivity index (χ1v) is 8.48. The van der Waals surface area contributed by atoms with Crippen LogP contribution in [0.1, 0.15) is 32.8 Å². The summed E-state index contributed by atoms with van der Waals surface area (Å²) in [6, 6.07) is 7.26. The Balaban J connectivity index is 2.41. The van der Waals surface area contributed by atoms with Crippen LogP contribution in [-0.4, -0.2) is 13.4 Å². The quantitative estimate of drug-likeness (QED) is 0.484. The molecule has 1 aromatic carbocycles. The van der Waals surface area contributed by atoms with E-state index in [1.54, 1.807) is 31.2 Å². The molecule has 2 unspecified atom stereocenters. The van der Waals surface area contributed by atoms with Gasteiger partial charge >= 0.3 is 0 Å². The summed E-state index contributed by atoms with van der Waals surface area (Å²) in [5.74, 6) is 0.581. The summed E-state index contributed by atoms with van der Waals surface area (Å²) in [6.07, 6.45) is 6.64. The lowest BCUT2D eigenvalue weighted by molar-refractivity contribution is 0.560. The van der Waals surface area contributed by atoms with E-state index in [-0.39, 0.29) is 4.99 Å². The van der Waals surface area contributed by atoms with E-state index in [1.807, 2.05) is 12.1 Å². The average molecular weight is 319 g/mol. The first-order chi connectivity index (χ1) is 10.4. The number of benzene rings is 1. The van der Waals surface area contributed by atoms with E-state index in [0.717, 1.165) is 18.4 Å². The van der Waals surface area contributed by atoms with Crippen molar-refractivity contribution in [3.63, 3.8) is 0 Å². The van der Waals surface area contributed by atoms with Crippen molar-refractivity contribution in [2.75, 3.05) is 0 Å². The zero-order valence-corrected chi connectivity index (χ0v) is 13.9. The molecule has 0 spiro atoms. The van der Waals surface area contributed by atoms with Crippen molar-refractivity contribution in [3.05, 3.63) is 59.0 Å². The predicted molar refractivity (Wildman–Crippen MR) is 91.6 cm³/mol. The van der Waals surface area contributed by atoms with Crippen LogP contribution in [0.2, 0.25) is 0 Å². The summed E-state index contributed by atoms with van der Waals surface area (Å²) >= 11 is 0. The molecular weight excluding hydrogens is 298 g/mol. The second-order valence-corrected chi connectivity index (χ2v) is 6.63. The topological polar surface area (TPSA) is 57.2 Å². The monoisotopic (exact) mass is 319 g/mol. The molecule has 0 saturated heterocycles. The molecule has 1 aromatic rings. The van der Waals surface area contributed by atoms with Gasteiger partial charge in [0.15, 0.2) is 0 Å². The summed E-state index contributed by atoms with van der Waals surface area (Å²) in [4.78, 5) is -0.155. The van der Waals surface area contributed by atoms with Gasteiger partial charge in [0.2, 0.25) is 0 Å². The zero-order valence-electron chi connectivity index (χ0n) is 13.1. The van der Waals surface area contributed by atoms with E-state index >= 15 is 0 Å². The third-order valence-electron chi connectivity index (χ3n) is 4.04. The molecule has 0 N–H and O–H groups in total. The number of allylic oxidation sites excluding steroid dienone is 2. The number of hydrogen-bond donors (Lipinski definition) is 0. The molecule has 0 bridgehead atoms. The van der Waals surface area contributed by atoms with Crippen LogP contribution >= 0.6 is 0 Å². The molecule has 1 heterocycles. The Hall–Kier alpha value is -1.69. The lowest BCUT2D eigenvalue weighted by Crippen LogP contribution is -2.46. The van der Waals surface area contributed by atoms with E-state index in [4.69, 9.17) is 0 Å². The molecule has 0 saturated carbocycles. The molecule has 4 nitrogen and oxygen atoms in total. The van der Waals surface area contributed by atoms with Crippen LogP contribution in [0.5, 0.6) is 0 Å². The van der Waals surface area contributed by atoms with Gasteiger partial charge in [-0.3, -0.25) is 4.65 Å². The Labute approximate surface area is 133 Å². The maximum absolute atomic E-state index is 13.1. The lowest BCUT2D eigenvalue weighted by Gasteiger charge is -2.38. The SMILES string of the molecule is CCC(C)Cc1ccc([N+]2([O-])C=CC=C(C)C2=S(=O)=O)cc1. The first-order valence-electron chi connectivity index (χ1n) is 7.41. The fourth-order valence-corrected chi connectivity index (χ4v) is 3.27. The molecule has 118 valence electrons. The van der Waals surface area contributed by atoms with E-state index in [1.165, 1.54) is 6.20 Å². The van der Waals surface area contributed by atoms with Crippen LogP contribution in [-0.2, 0) is 16.7 Å². The fourth-order valence-electron chi connectivity index (χ4n) is 2.56. The minimum atomic E-state index is -2.56. The van der Waals surface area contributed by atoms with Gasteiger partial charge in [-0.2, -0.15) is 8.42 Å². The van der Waals surface area contributed by atoms with Crippen molar-refractivity contribution >= 4 is 21.0 Å². The highest BCUT2D eigenvalue weighted by Gasteiger charge is 2.31. The molecule has 5 heteroatoms. The van der Waals surface area contributed by atoms with E-state index in [0.29, 0.717) is 17.2 Å². The van der Waals surface area contributed by atoms with Crippen molar-refractivity contribution < 1.29 is 8.42 Å². The molecule has 0 aliphatic carbocycles. The summed E-state index contributed by atoms with van der Waals surface area (Å²) in [5, 5.41) is 13.1. The van der Waals surface area contributed by atoms with Crippen LogP contribution in [0.4, 0.5) is 5.69 Å². The van der Waals surface area contributed by atoms with Crippen molar-refractivity contribution in [2.45, 2.75) is 33.6 Å². The summed E-state index contributed by atoms with van der Waals surface area (Å²) in [7, 11) is -2.56. The van der Waals surface area contributed by atoms with Crippen molar-refractivity contribution in [1.82, 2.24) is 4.65 Å². The van der Waals surface area contributed by atoms with Crippen LogP contribution in [0, 0.1) is 11.1 Å². The molecule has 22 heavy (non-hydrogen) atoms. The smallest absolute Gasteiger partial charge is 0.277 e. The van der Waals surface area contributed by atoms with Crippen LogP contribution in [0.3, 0.4) is 0 Å². The molecule has 1 aliphatic rings. The van der Waals surface area contributed by atoms with E-state index < -0.39 is 14.9 Å². The predicted octanol–water partition coefficient (Wildman–Crippen LogP) is 3.56. The fraction of sp³-hybridized carbons (Fsp3) is 0.353. The molecule has 2 atom stereocenters. The van der Waals surface area contributed by atoms with Gasteiger partial charge in [0.05, 0.1) is 0 Å². The highest BCUT2D eigenvalue weighted by Crippen LogP contribution is 2.29. The molecular formula is C17H21NO3S. The Morgan fingerprint density at radius 1 is 1.23 bits per heavy atom. The van der Waals surface area contributed by atoms with Crippen LogP contribution in [0.15, 0.2) is 48.2 Å². The minimum absolute atomic E-state index is 0.155. The number of hydrogen-bond acceptors (Lipinski definition) is 3. The van der Waals surface area contributed by atoms with Gasteiger partial charge in [0, 0.05) is 17.7 Å². The molecule has 0 radical (unpaired) electrons. The standard InChI is InChI=1S/C17H21NO3S/c1-4-13(2)12-15-7-9-16(10-8-15)18(19)11-5-6-14(3)17(18)22(20)21/h5-11,13H,4,12H2,1-3H3. The Bertz CT molecular complexity index is 737. The van der Waals surface area contributed by atoms with Crippen molar-refractivity contribution in [3.8, 4) is 0 Å². The number of nitrogens with zero attached hydrogens (tertiary/aromatic N) is 1. The van der Waals surface area contributed by atoms with Gasteiger partial charge in [-0.05, 0) is 37.0 Å². The highest BCUT2D eigenvalue weighted by atomic mass is 32.2. The first kappa shape index (κ1) is 16.7. The third kappa shape index (κ3) is 3.21. The average Bonchev–Trinajstić information content (AvgIpc) is 2.47. The molecule has 0 amide bonds.